The van der Waals surface area contributed by atoms with Crippen LogP contribution in [0, 0.1) is 0 Å². The molecule has 0 N–H and O–H groups in total. The van der Waals surface area contributed by atoms with Gasteiger partial charge in [-0.1, -0.05) is 97.1 Å². The third-order valence-electron chi connectivity index (χ3n) is 9.12. The molecule has 3 heterocycles. The number of hydrogen-bond donors (Lipinski definition) is 0. The first-order chi connectivity index (χ1) is 21.8. The van der Waals surface area contributed by atoms with Crippen LogP contribution < -0.4 is 0 Å². The van der Waals surface area contributed by atoms with Crippen molar-refractivity contribution in [1.82, 2.24) is 19.1 Å². The van der Waals surface area contributed by atoms with Gasteiger partial charge in [0.2, 0.25) is 5.95 Å². The van der Waals surface area contributed by atoms with Crippen molar-refractivity contribution in [1.29, 1.82) is 0 Å². The third-order valence-corrected chi connectivity index (χ3v) is 9.12. The molecule has 204 valence electrons. The lowest BCUT2D eigenvalue weighted by atomic mass is 10.1. The average molecular weight is 561 g/mol. The first-order valence-corrected chi connectivity index (χ1v) is 14.9. The number of rotatable bonds is 2. The van der Waals surface area contributed by atoms with E-state index < -0.39 is 0 Å². The van der Waals surface area contributed by atoms with Crippen LogP contribution in [-0.4, -0.2) is 19.1 Å². The van der Waals surface area contributed by atoms with Crippen LogP contribution in [0.5, 0.6) is 0 Å². The maximum atomic E-state index is 5.20. The lowest BCUT2D eigenvalue weighted by Gasteiger charge is -2.11. The molecule has 4 heteroatoms. The van der Waals surface area contributed by atoms with Gasteiger partial charge in [0.05, 0.1) is 27.6 Å². The normalized spacial score (nSPS) is 12.1. The fourth-order valence-corrected chi connectivity index (χ4v) is 7.12. The quantitative estimate of drug-likeness (QED) is 0.197. The Labute approximate surface area is 252 Å². The van der Waals surface area contributed by atoms with Crippen LogP contribution in [0.3, 0.4) is 0 Å². The van der Waals surface area contributed by atoms with E-state index in [1.165, 1.54) is 48.7 Å². The van der Waals surface area contributed by atoms with E-state index >= 15 is 0 Å². The molecule has 0 unspecified atom stereocenters. The van der Waals surface area contributed by atoms with E-state index in [1.807, 2.05) is 6.20 Å². The molecule has 0 amide bonds. The Morgan fingerprint density at radius 3 is 1.73 bits per heavy atom. The number of para-hydroxylation sites is 3. The summed E-state index contributed by atoms with van der Waals surface area (Å²) in [6.07, 6.45) is 1.95. The first kappa shape index (κ1) is 23.6. The maximum absolute atomic E-state index is 5.20. The van der Waals surface area contributed by atoms with Gasteiger partial charge < -0.3 is 4.57 Å². The fourth-order valence-electron chi connectivity index (χ4n) is 7.12. The molecule has 0 bridgehead atoms. The van der Waals surface area contributed by atoms with Crippen molar-refractivity contribution >= 4 is 76.1 Å². The van der Waals surface area contributed by atoms with E-state index in [0.717, 1.165) is 33.0 Å². The van der Waals surface area contributed by atoms with E-state index in [9.17, 15) is 0 Å². The Morgan fingerprint density at radius 2 is 0.977 bits per heavy atom. The molecule has 10 aromatic rings. The molecule has 0 aliphatic carbocycles. The molecular weight excluding hydrogens is 536 g/mol. The highest BCUT2D eigenvalue weighted by Crippen LogP contribution is 2.37. The molecule has 0 atom stereocenters. The van der Waals surface area contributed by atoms with Crippen LogP contribution in [0.25, 0.3) is 87.7 Å². The summed E-state index contributed by atoms with van der Waals surface area (Å²) in [5, 5.41) is 10.6. The smallest absolute Gasteiger partial charge is 0.235 e. The predicted octanol–water partition coefficient (Wildman–Crippen LogP) is 10.1. The second-order valence-electron chi connectivity index (χ2n) is 11.5. The number of benzene rings is 7. The van der Waals surface area contributed by atoms with Crippen LogP contribution in [-0.2, 0) is 0 Å². The molecule has 0 radical (unpaired) electrons. The van der Waals surface area contributed by atoms with Crippen LogP contribution >= 0.6 is 0 Å². The Kier molecular flexibility index (Phi) is 4.69. The van der Waals surface area contributed by atoms with Crippen LogP contribution in [0.15, 0.2) is 146 Å². The van der Waals surface area contributed by atoms with Gasteiger partial charge in [-0.3, -0.25) is 4.57 Å². The summed E-state index contributed by atoms with van der Waals surface area (Å²) >= 11 is 0. The second-order valence-corrected chi connectivity index (χ2v) is 11.5. The highest BCUT2D eigenvalue weighted by molar-refractivity contribution is 6.14. The van der Waals surface area contributed by atoms with Crippen molar-refractivity contribution in [2.45, 2.75) is 0 Å². The topological polar surface area (TPSA) is 35.6 Å². The highest BCUT2D eigenvalue weighted by atomic mass is 15.2. The molecule has 0 aliphatic rings. The average Bonchev–Trinajstić information content (AvgIpc) is 3.59. The van der Waals surface area contributed by atoms with Crippen LogP contribution in [0.2, 0.25) is 0 Å². The largest absolute Gasteiger partial charge is 0.309 e. The molecular formula is C40H24N4. The zero-order valence-electron chi connectivity index (χ0n) is 23.6. The SMILES string of the molecule is c1ccc2c(c1)ccc1cnc(-n3c4ccccc4c4cc5ccc(-n6c7ccccc7c7ccccc76)cc5cc43)nc12. The molecule has 0 spiro atoms. The minimum Gasteiger partial charge on any atom is -0.309 e. The summed E-state index contributed by atoms with van der Waals surface area (Å²) in [5.74, 6) is 0.679. The van der Waals surface area contributed by atoms with Crippen molar-refractivity contribution < 1.29 is 0 Å². The Bertz CT molecular complexity index is 2730. The van der Waals surface area contributed by atoms with Crippen molar-refractivity contribution in [2.24, 2.45) is 0 Å². The Hall–Kier alpha value is -6.00. The third kappa shape index (κ3) is 3.22. The van der Waals surface area contributed by atoms with E-state index in [-0.39, 0.29) is 0 Å². The number of nitrogens with zero attached hydrogens (tertiary/aromatic N) is 4. The minimum absolute atomic E-state index is 0.679. The zero-order chi connectivity index (χ0) is 28.8. The van der Waals surface area contributed by atoms with Gasteiger partial charge in [-0.25, -0.2) is 9.97 Å². The molecule has 3 aromatic heterocycles. The van der Waals surface area contributed by atoms with E-state index in [1.54, 1.807) is 0 Å². The summed E-state index contributed by atoms with van der Waals surface area (Å²) in [4.78, 5) is 10.1. The maximum Gasteiger partial charge on any atom is 0.235 e. The van der Waals surface area contributed by atoms with Gasteiger partial charge in [-0.15, -0.1) is 0 Å². The molecule has 4 nitrogen and oxygen atoms in total. The van der Waals surface area contributed by atoms with Gasteiger partial charge in [0.25, 0.3) is 0 Å². The van der Waals surface area contributed by atoms with Gasteiger partial charge in [0.15, 0.2) is 0 Å². The van der Waals surface area contributed by atoms with Crippen molar-refractivity contribution in [3.8, 4) is 11.6 Å². The molecule has 0 saturated heterocycles. The van der Waals surface area contributed by atoms with E-state index in [4.69, 9.17) is 9.97 Å². The van der Waals surface area contributed by atoms with E-state index in [2.05, 4.69) is 149 Å². The van der Waals surface area contributed by atoms with Gasteiger partial charge in [0, 0.05) is 44.2 Å². The Morgan fingerprint density at radius 1 is 0.386 bits per heavy atom. The summed E-state index contributed by atoms with van der Waals surface area (Å²) in [6.45, 7) is 0. The zero-order valence-corrected chi connectivity index (χ0v) is 23.6. The first-order valence-electron chi connectivity index (χ1n) is 14.9. The molecule has 44 heavy (non-hydrogen) atoms. The summed E-state index contributed by atoms with van der Waals surface area (Å²) in [7, 11) is 0. The second kappa shape index (κ2) is 8.76. The molecule has 0 aliphatic heterocycles. The van der Waals surface area contributed by atoms with Gasteiger partial charge >= 0.3 is 0 Å². The number of hydrogen-bond acceptors (Lipinski definition) is 2. The summed E-state index contributed by atoms with van der Waals surface area (Å²) in [5.41, 5.74) is 6.72. The molecule has 7 aromatic carbocycles. The summed E-state index contributed by atoms with van der Waals surface area (Å²) < 4.78 is 4.60. The van der Waals surface area contributed by atoms with Crippen molar-refractivity contribution in [2.75, 3.05) is 0 Å². The number of aromatic nitrogens is 4. The van der Waals surface area contributed by atoms with E-state index in [0.29, 0.717) is 5.95 Å². The van der Waals surface area contributed by atoms with Crippen molar-refractivity contribution in [3.63, 3.8) is 0 Å². The van der Waals surface area contributed by atoms with Gasteiger partial charge in [0.1, 0.15) is 0 Å². The standard InChI is InChI=1S/C40H24N4/c1-2-10-30-25(9-1)17-18-27-24-41-40(42-39(27)30)44-37-16-8-5-13-33(37)34-22-26-19-20-29(21-28(26)23-38(34)44)43-35-14-6-3-11-31(35)32-12-4-7-15-36(32)43/h1-24H. The Balaban J connectivity index is 1.26. The van der Waals surface area contributed by atoms with Gasteiger partial charge in [-0.2, -0.15) is 0 Å². The van der Waals surface area contributed by atoms with Crippen LogP contribution in [0.4, 0.5) is 0 Å². The molecule has 10 rings (SSSR count). The van der Waals surface area contributed by atoms with Crippen LogP contribution in [0.1, 0.15) is 0 Å². The van der Waals surface area contributed by atoms with Crippen molar-refractivity contribution in [3.05, 3.63) is 146 Å². The van der Waals surface area contributed by atoms with Gasteiger partial charge in [-0.05, 0) is 58.6 Å². The molecule has 0 saturated carbocycles. The monoisotopic (exact) mass is 560 g/mol. The summed E-state index contributed by atoms with van der Waals surface area (Å²) in [6, 6.07) is 50.0. The fraction of sp³-hybridized carbons (Fsp3) is 0. The predicted molar refractivity (Wildman–Crippen MR) is 183 cm³/mol. The number of fused-ring (bicyclic) bond motifs is 10. The highest BCUT2D eigenvalue weighted by Gasteiger charge is 2.17. The lowest BCUT2D eigenvalue weighted by Crippen LogP contribution is -2.01. The minimum atomic E-state index is 0.679. The molecule has 0 fully saturated rings. The lowest BCUT2D eigenvalue weighted by molar-refractivity contribution is 1.01.